The van der Waals surface area contributed by atoms with Gasteiger partial charge in [-0.2, -0.15) is 0 Å². The van der Waals surface area contributed by atoms with Crippen molar-refractivity contribution in [1.82, 2.24) is 0 Å². The lowest BCUT2D eigenvalue weighted by Crippen LogP contribution is -2.44. The standard InChI is InChI=1S/C22H36O3Si/c1-8-10-11-13-17-14-16-15-19(25-26(6,7)22(3,4)5)18(12-9-2)20(23)21(16)24-17/h9,12,15,17,23H,8,10-11,13-14H2,1-7H3. The maximum absolute atomic E-state index is 10.9. The molecule has 146 valence electrons. The van der Waals surface area contributed by atoms with E-state index in [1.165, 1.54) is 19.3 Å². The van der Waals surface area contributed by atoms with Crippen LogP contribution in [0.2, 0.25) is 18.1 Å². The van der Waals surface area contributed by atoms with E-state index in [1.807, 2.05) is 19.1 Å². The first-order chi connectivity index (χ1) is 12.1. The summed E-state index contributed by atoms with van der Waals surface area (Å²) in [5, 5.41) is 11.0. The van der Waals surface area contributed by atoms with Gasteiger partial charge < -0.3 is 14.3 Å². The van der Waals surface area contributed by atoms with Gasteiger partial charge in [-0.3, -0.25) is 0 Å². The van der Waals surface area contributed by atoms with Crippen molar-refractivity contribution in [2.45, 2.75) is 91.0 Å². The quantitative estimate of drug-likeness (QED) is 0.425. The van der Waals surface area contributed by atoms with E-state index in [1.54, 1.807) is 0 Å². The fourth-order valence-electron chi connectivity index (χ4n) is 3.05. The van der Waals surface area contributed by atoms with Crippen LogP contribution in [0.15, 0.2) is 12.1 Å². The molecule has 0 saturated heterocycles. The minimum Gasteiger partial charge on any atom is -0.543 e. The van der Waals surface area contributed by atoms with Crippen LogP contribution in [0.5, 0.6) is 17.2 Å². The number of fused-ring (bicyclic) bond motifs is 1. The zero-order valence-electron chi connectivity index (χ0n) is 17.6. The maximum Gasteiger partial charge on any atom is 0.250 e. The molecule has 0 aliphatic carbocycles. The number of phenols is 1. The van der Waals surface area contributed by atoms with E-state index in [-0.39, 0.29) is 16.9 Å². The predicted molar refractivity (Wildman–Crippen MR) is 113 cm³/mol. The van der Waals surface area contributed by atoms with Crippen molar-refractivity contribution in [2.24, 2.45) is 0 Å². The first kappa shape index (κ1) is 20.9. The predicted octanol–water partition coefficient (Wildman–Crippen LogP) is 6.69. The first-order valence-electron chi connectivity index (χ1n) is 9.98. The molecule has 0 fully saturated rings. The van der Waals surface area contributed by atoms with Gasteiger partial charge >= 0.3 is 0 Å². The normalized spacial score (nSPS) is 17.4. The van der Waals surface area contributed by atoms with E-state index in [9.17, 15) is 5.11 Å². The number of aromatic hydroxyl groups is 1. The third-order valence-electron chi connectivity index (χ3n) is 5.70. The second-order valence-corrected chi connectivity index (χ2v) is 13.7. The van der Waals surface area contributed by atoms with E-state index < -0.39 is 8.32 Å². The van der Waals surface area contributed by atoms with Crippen molar-refractivity contribution in [3.63, 3.8) is 0 Å². The van der Waals surface area contributed by atoms with Gasteiger partial charge in [-0.25, -0.2) is 0 Å². The van der Waals surface area contributed by atoms with Crippen molar-refractivity contribution in [3.05, 3.63) is 23.3 Å². The topological polar surface area (TPSA) is 38.7 Å². The SMILES string of the molecule is CC=Cc1c(O[Si](C)(C)C(C)(C)C)cc2c(c1O)OC(CCCCC)C2. The zero-order chi connectivity index (χ0) is 19.5. The van der Waals surface area contributed by atoms with E-state index >= 15 is 0 Å². The Balaban J connectivity index is 2.34. The van der Waals surface area contributed by atoms with Gasteiger partial charge in [0.15, 0.2) is 11.5 Å². The molecule has 2 rings (SSSR count). The molecule has 4 heteroatoms. The van der Waals surface area contributed by atoms with Crippen molar-refractivity contribution in [1.29, 1.82) is 0 Å². The Morgan fingerprint density at radius 2 is 2.00 bits per heavy atom. The molecule has 1 aliphatic heterocycles. The molecule has 26 heavy (non-hydrogen) atoms. The van der Waals surface area contributed by atoms with Crippen LogP contribution >= 0.6 is 0 Å². The molecule has 0 aromatic heterocycles. The van der Waals surface area contributed by atoms with Crippen molar-refractivity contribution < 1.29 is 14.3 Å². The molecular formula is C22H36O3Si. The molecule has 0 bridgehead atoms. The van der Waals surface area contributed by atoms with Crippen LogP contribution in [-0.2, 0) is 6.42 Å². The molecule has 1 N–H and O–H groups in total. The lowest BCUT2D eigenvalue weighted by atomic mass is 10.0. The fraction of sp³-hybridized carbons (Fsp3) is 0.636. The number of rotatable bonds is 7. The summed E-state index contributed by atoms with van der Waals surface area (Å²) in [7, 11) is -1.99. The fourth-order valence-corrected chi connectivity index (χ4v) is 4.08. The monoisotopic (exact) mass is 376 g/mol. The second-order valence-electron chi connectivity index (χ2n) is 8.93. The summed E-state index contributed by atoms with van der Waals surface area (Å²) >= 11 is 0. The Labute approximate surface area is 160 Å². The first-order valence-corrected chi connectivity index (χ1v) is 12.9. The van der Waals surface area contributed by atoms with Gasteiger partial charge in [0, 0.05) is 12.0 Å². The summed E-state index contributed by atoms with van der Waals surface area (Å²) in [6, 6.07) is 2.10. The van der Waals surface area contributed by atoms with Crippen LogP contribution in [0.3, 0.4) is 0 Å². The number of benzene rings is 1. The van der Waals surface area contributed by atoms with Crippen LogP contribution in [0.25, 0.3) is 6.08 Å². The van der Waals surface area contributed by atoms with Crippen molar-refractivity contribution in [2.75, 3.05) is 0 Å². The molecular weight excluding hydrogens is 340 g/mol. The molecule has 1 heterocycles. The summed E-state index contributed by atoms with van der Waals surface area (Å²) < 4.78 is 12.7. The molecule has 0 radical (unpaired) electrons. The number of hydrogen-bond acceptors (Lipinski definition) is 3. The number of hydrogen-bond donors (Lipinski definition) is 1. The Hall–Kier alpha value is -1.42. The van der Waals surface area contributed by atoms with Crippen LogP contribution in [-0.4, -0.2) is 19.5 Å². The second kappa shape index (κ2) is 8.08. The van der Waals surface area contributed by atoms with Gasteiger partial charge in [0.2, 0.25) is 0 Å². The van der Waals surface area contributed by atoms with E-state index in [0.29, 0.717) is 5.75 Å². The summed E-state index contributed by atoms with van der Waals surface area (Å²) in [6.45, 7) is 15.3. The Bertz CT molecular complexity index is 656. The van der Waals surface area contributed by atoms with Crippen molar-refractivity contribution >= 4 is 14.4 Å². The molecule has 1 atom stereocenters. The number of unbranched alkanes of at least 4 members (excludes halogenated alkanes) is 2. The van der Waals surface area contributed by atoms with E-state index in [0.717, 1.165) is 29.7 Å². The lowest BCUT2D eigenvalue weighted by Gasteiger charge is -2.37. The van der Waals surface area contributed by atoms with Crippen LogP contribution < -0.4 is 9.16 Å². The summed E-state index contributed by atoms with van der Waals surface area (Å²) in [5.41, 5.74) is 1.82. The van der Waals surface area contributed by atoms with Gasteiger partial charge in [-0.05, 0) is 44.0 Å². The average Bonchev–Trinajstić information content (AvgIpc) is 2.93. The minimum atomic E-state index is -1.99. The maximum atomic E-state index is 10.9. The van der Waals surface area contributed by atoms with Crippen LogP contribution in [0.4, 0.5) is 0 Å². The average molecular weight is 377 g/mol. The highest BCUT2D eigenvalue weighted by Crippen LogP contribution is 2.47. The van der Waals surface area contributed by atoms with E-state index in [2.05, 4.69) is 46.9 Å². The Morgan fingerprint density at radius 3 is 2.58 bits per heavy atom. The highest BCUT2D eigenvalue weighted by atomic mass is 28.4. The highest BCUT2D eigenvalue weighted by Gasteiger charge is 2.40. The van der Waals surface area contributed by atoms with E-state index in [4.69, 9.17) is 9.16 Å². The smallest absolute Gasteiger partial charge is 0.250 e. The largest absolute Gasteiger partial charge is 0.543 e. The third-order valence-corrected chi connectivity index (χ3v) is 10.0. The van der Waals surface area contributed by atoms with Gasteiger partial charge in [0.1, 0.15) is 11.9 Å². The van der Waals surface area contributed by atoms with Gasteiger partial charge in [0.05, 0.1) is 5.56 Å². The Kier molecular flexibility index (Phi) is 6.49. The molecule has 0 spiro atoms. The number of phenolic OH excluding ortho intramolecular Hbond substituents is 1. The van der Waals surface area contributed by atoms with Gasteiger partial charge in [-0.15, -0.1) is 0 Å². The highest BCUT2D eigenvalue weighted by molar-refractivity contribution is 6.74. The lowest BCUT2D eigenvalue weighted by molar-refractivity contribution is 0.210. The molecule has 0 amide bonds. The zero-order valence-corrected chi connectivity index (χ0v) is 18.6. The molecule has 1 unspecified atom stereocenters. The van der Waals surface area contributed by atoms with Gasteiger partial charge in [-0.1, -0.05) is 52.7 Å². The van der Waals surface area contributed by atoms with Crippen LogP contribution in [0.1, 0.15) is 71.4 Å². The molecule has 3 nitrogen and oxygen atoms in total. The molecule has 0 saturated carbocycles. The van der Waals surface area contributed by atoms with Crippen LogP contribution in [0, 0.1) is 0 Å². The third kappa shape index (κ3) is 4.45. The van der Waals surface area contributed by atoms with Gasteiger partial charge in [0.25, 0.3) is 8.32 Å². The minimum absolute atomic E-state index is 0.105. The Morgan fingerprint density at radius 1 is 1.31 bits per heavy atom. The summed E-state index contributed by atoms with van der Waals surface area (Å²) in [5.74, 6) is 1.68. The number of ether oxygens (including phenoxy) is 1. The van der Waals surface area contributed by atoms with Crippen molar-refractivity contribution in [3.8, 4) is 17.2 Å². The molecule has 1 aromatic rings. The summed E-state index contributed by atoms with van der Waals surface area (Å²) in [6.07, 6.45) is 9.54. The molecule has 1 aromatic carbocycles. The number of allylic oxidation sites excluding steroid dienone is 1. The molecule has 1 aliphatic rings. The summed E-state index contributed by atoms with van der Waals surface area (Å²) in [4.78, 5) is 0.